The Bertz CT molecular complexity index is 159. The average Bonchev–Trinajstić information content (AvgIpc) is 2.33. The lowest BCUT2D eigenvalue weighted by Crippen LogP contribution is -2.56. The lowest BCUT2D eigenvalue weighted by atomic mass is 10.0. The molecule has 15 heavy (non-hydrogen) atoms. The first kappa shape index (κ1) is 11.3. The standard InChI is InChI=1S/C11H23N3O/c12-9-10(11-3-1-2-8-15-11)14-6-4-13-5-7-14/h10-11,13H,1-9,12H2. The van der Waals surface area contributed by atoms with E-state index in [0.29, 0.717) is 12.1 Å². The van der Waals surface area contributed by atoms with Crippen molar-refractivity contribution in [3.8, 4) is 0 Å². The first-order valence-corrected chi connectivity index (χ1v) is 6.18. The Balaban J connectivity index is 1.88. The fraction of sp³-hybridized carbons (Fsp3) is 1.00. The van der Waals surface area contributed by atoms with Crippen molar-refractivity contribution < 1.29 is 4.74 Å². The van der Waals surface area contributed by atoms with Gasteiger partial charge in [-0.15, -0.1) is 0 Å². The summed E-state index contributed by atoms with van der Waals surface area (Å²) in [6, 6.07) is 0.437. The highest BCUT2D eigenvalue weighted by molar-refractivity contribution is 4.85. The molecule has 0 spiro atoms. The number of nitrogens with one attached hydrogen (secondary N) is 1. The Hall–Kier alpha value is -0.160. The number of hydrogen-bond acceptors (Lipinski definition) is 4. The molecule has 0 bridgehead atoms. The summed E-state index contributed by atoms with van der Waals surface area (Å²) in [5.74, 6) is 0. The normalized spacial score (nSPS) is 31.4. The van der Waals surface area contributed by atoms with Crippen LogP contribution >= 0.6 is 0 Å². The number of hydrogen-bond donors (Lipinski definition) is 2. The molecule has 2 aliphatic heterocycles. The van der Waals surface area contributed by atoms with E-state index >= 15 is 0 Å². The summed E-state index contributed by atoms with van der Waals surface area (Å²) in [6.07, 6.45) is 4.08. The van der Waals surface area contributed by atoms with Crippen molar-refractivity contribution in [2.45, 2.75) is 31.4 Å². The van der Waals surface area contributed by atoms with Gasteiger partial charge in [-0.3, -0.25) is 4.90 Å². The fourth-order valence-corrected chi connectivity index (χ4v) is 2.62. The van der Waals surface area contributed by atoms with Crippen molar-refractivity contribution in [3.63, 3.8) is 0 Å². The van der Waals surface area contributed by atoms with Gasteiger partial charge in [0.25, 0.3) is 0 Å². The number of piperazine rings is 1. The van der Waals surface area contributed by atoms with E-state index < -0.39 is 0 Å². The molecule has 88 valence electrons. The fourth-order valence-electron chi connectivity index (χ4n) is 2.62. The van der Waals surface area contributed by atoms with E-state index in [9.17, 15) is 0 Å². The van der Waals surface area contributed by atoms with Crippen LogP contribution < -0.4 is 11.1 Å². The molecule has 0 aromatic heterocycles. The van der Waals surface area contributed by atoms with E-state index in [-0.39, 0.29) is 0 Å². The Morgan fingerprint density at radius 2 is 2.13 bits per heavy atom. The Morgan fingerprint density at radius 1 is 1.33 bits per heavy atom. The van der Waals surface area contributed by atoms with Crippen molar-refractivity contribution in [3.05, 3.63) is 0 Å². The van der Waals surface area contributed by atoms with Gasteiger partial charge in [-0.05, 0) is 19.3 Å². The minimum atomic E-state index is 0.377. The third kappa shape index (κ3) is 2.91. The second-order valence-electron chi connectivity index (χ2n) is 4.49. The molecular weight excluding hydrogens is 190 g/mol. The van der Waals surface area contributed by atoms with Crippen LogP contribution in [0.5, 0.6) is 0 Å². The third-order valence-corrected chi connectivity index (χ3v) is 3.51. The zero-order chi connectivity index (χ0) is 10.5. The summed E-state index contributed by atoms with van der Waals surface area (Å²) < 4.78 is 5.84. The Labute approximate surface area is 92.1 Å². The van der Waals surface area contributed by atoms with Crippen LogP contribution in [0.3, 0.4) is 0 Å². The van der Waals surface area contributed by atoms with Gasteiger partial charge in [-0.2, -0.15) is 0 Å². The zero-order valence-corrected chi connectivity index (χ0v) is 9.45. The molecule has 0 aromatic rings. The second-order valence-corrected chi connectivity index (χ2v) is 4.49. The lowest BCUT2D eigenvalue weighted by Gasteiger charge is -2.40. The highest BCUT2D eigenvalue weighted by Gasteiger charge is 2.29. The van der Waals surface area contributed by atoms with E-state index in [2.05, 4.69) is 10.2 Å². The van der Waals surface area contributed by atoms with Crippen LogP contribution in [0.1, 0.15) is 19.3 Å². The van der Waals surface area contributed by atoms with Crippen molar-refractivity contribution >= 4 is 0 Å². The van der Waals surface area contributed by atoms with Gasteiger partial charge in [-0.25, -0.2) is 0 Å². The Morgan fingerprint density at radius 3 is 2.73 bits per heavy atom. The van der Waals surface area contributed by atoms with Crippen molar-refractivity contribution in [1.82, 2.24) is 10.2 Å². The van der Waals surface area contributed by atoms with Gasteiger partial charge in [-0.1, -0.05) is 0 Å². The number of nitrogens with two attached hydrogens (primary N) is 1. The molecule has 2 rings (SSSR count). The van der Waals surface area contributed by atoms with E-state index in [0.717, 1.165) is 39.3 Å². The maximum atomic E-state index is 5.89. The molecule has 0 radical (unpaired) electrons. The molecule has 2 atom stereocenters. The SMILES string of the molecule is NCC(C1CCCCO1)N1CCNCC1. The van der Waals surface area contributed by atoms with Crippen LogP contribution in [0.15, 0.2) is 0 Å². The van der Waals surface area contributed by atoms with Gasteiger partial charge in [0, 0.05) is 45.4 Å². The molecule has 0 amide bonds. The maximum Gasteiger partial charge on any atom is 0.0742 e. The largest absolute Gasteiger partial charge is 0.377 e. The smallest absolute Gasteiger partial charge is 0.0742 e. The molecule has 2 unspecified atom stereocenters. The first-order valence-electron chi connectivity index (χ1n) is 6.18. The quantitative estimate of drug-likeness (QED) is 0.681. The zero-order valence-electron chi connectivity index (χ0n) is 9.45. The lowest BCUT2D eigenvalue weighted by molar-refractivity contribution is -0.0414. The highest BCUT2D eigenvalue weighted by atomic mass is 16.5. The van der Waals surface area contributed by atoms with Gasteiger partial charge in [0.1, 0.15) is 0 Å². The summed E-state index contributed by atoms with van der Waals surface area (Å²) in [5.41, 5.74) is 5.89. The first-order chi connectivity index (χ1) is 7.42. The van der Waals surface area contributed by atoms with Gasteiger partial charge in [0.15, 0.2) is 0 Å². The second kappa shape index (κ2) is 5.80. The molecule has 2 aliphatic rings. The number of ether oxygens (including phenoxy) is 1. The topological polar surface area (TPSA) is 50.5 Å². The maximum absolute atomic E-state index is 5.89. The van der Waals surface area contributed by atoms with E-state index in [4.69, 9.17) is 10.5 Å². The molecule has 2 heterocycles. The molecule has 3 N–H and O–H groups in total. The predicted molar refractivity (Wildman–Crippen MR) is 60.9 cm³/mol. The molecular formula is C11H23N3O. The van der Waals surface area contributed by atoms with E-state index in [1.807, 2.05) is 0 Å². The number of nitrogens with zero attached hydrogens (tertiary/aromatic N) is 1. The summed E-state index contributed by atoms with van der Waals surface area (Å²) in [5, 5.41) is 3.37. The predicted octanol–water partition coefficient (Wildman–Crippen LogP) is -0.212. The van der Waals surface area contributed by atoms with E-state index in [1.54, 1.807) is 0 Å². The molecule has 4 nitrogen and oxygen atoms in total. The Kier molecular flexibility index (Phi) is 4.38. The van der Waals surface area contributed by atoms with Gasteiger partial charge < -0.3 is 15.8 Å². The van der Waals surface area contributed by atoms with Crippen molar-refractivity contribution in [2.75, 3.05) is 39.3 Å². The monoisotopic (exact) mass is 213 g/mol. The van der Waals surface area contributed by atoms with Gasteiger partial charge in [0.05, 0.1) is 6.10 Å². The molecule has 2 fully saturated rings. The summed E-state index contributed by atoms with van der Waals surface area (Å²) in [4.78, 5) is 2.49. The molecule has 0 aliphatic carbocycles. The minimum Gasteiger partial charge on any atom is -0.377 e. The summed E-state index contributed by atoms with van der Waals surface area (Å²) in [6.45, 7) is 6.05. The summed E-state index contributed by atoms with van der Waals surface area (Å²) >= 11 is 0. The van der Waals surface area contributed by atoms with Crippen LogP contribution in [0.4, 0.5) is 0 Å². The van der Waals surface area contributed by atoms with Gasteiger partial charge >= 0.3 is 0 Å². The van der Waals surface area contributed by atoms with Crippen LogP contribution in [0.2, 0.25) is 0 Å². The van der Waals surface area contributed by atoms with Gasteiger partial charge in [0.2, 0.25) is 0 Å². The van der Waals surface area contributed by atoms with Crippen molar-refractivity contribution in [2.24, 2.45) is 5.73 Å². The molecule has 0 saturated carbocycles. The van der Waals surface area contributed by atoms with Crippen LogP contribution in [-0.2, 0) is 4.74 Å². The highest BCUT2D eigenvalue weighted by Crippen LogP contribution is 2.19. The van der Waals surface area contributed by atoms with E-state index in [1.165, 1.54) is 19.3 Å². The van der Waals surface area contributed by atoms with Crippen molar-refractivity contribution in [1.29, 1.82) is 0 Å². The average molecular weight is 213 g/mol. The van der Waals surface area contributed by atoms with Crippen LogP contribution in [0, 0.1) is 0 Å². The molecule has 0 aromatic carbocycles. The third-order valence-electron chi connectivity index (χ3n) is 3.51. The molecule has 2 saturated heterocycles. The number of rotatable bonds is 3. The van der Waals surface area contributed by atoms with Crippen LogP contribution in [-0.4, -0.2) is 56.4 Å². The molecule has 4 heteroatoms. The minimum absolute atomic E-state index is 0.377. The van der Waals surface area contributed by atoms with Crippen LogP contribution in [0.25, 0.3) is 0 Å². The summed E-state index contributed by atoms with van der Waals surface area (Å²) in [7, 11) is 0.